The van der Waals surface area contributed by atoms with Crippen molar-refractivity contribution in [3.63, 3.8) is 0 Å². The van der Waals surface area contributed by atoms with Crippen LogP contribution in [0.4, 0.5) is 68.2 Å². The van der Waals surface area contributed by atoms with Gasteiger partial charge < -0.3 is 37.3 Å². The van der Waals surface area contributed by atoms with Crippen LogP contribution in [0.2, 0.25) is 0 Å². The number of fused-ring (bicyclic) bond motifs is 24. The van der Waals surface area contributed by atoms with Crippen LogP contribution in [0.25, 0.3) is 182 Å². The predicted molar refractivity (Wildman–Crippen MR) is 516 cm³/mol. The summed E-state index contributed by atoms with van der Waals surface area (Å²) in [6.07, 6.45) is 0. The van der Waals surface area contributed by atoms with Crippen molar-refractivity contribution in [2.75, 3.05) is 19.6 Å². The minimum Gasteiger partial charge on any atom is -0.456 e. The molecule has 570 valence electrons. The Hall–Kier alpha value is -15.7. The smallest absolute Gasteiger partial charge is 0.159 e. The zero-order chi connectivity index (χ0) is 79.8. The third-order valence-electron chi connectivity index (χ3n) is 24.8. The third kappa shape index (κ3) is 10.8. The Morgan fingerprint density at radius 1 is 0.180 bits per heavy atom. The molecule has 0 aliphatic carbocycles. The van der Waals surface area contributed by atoms with Gasteiger partial charge in [-0.25, -0.2) is 0 Å². The van der Waals surface area contributed by atoms with Gasteiger partial charge in [-0.1, -0.05) is 188 Å². The van der Waals surface area contributed by atoms with Crippen LogP contribution in [0.15, 0.2) is 418 Å². The summed E-state index contributed by atoms with van der Waals surface area (Å²) in [7, 11) is 0. The molecule has 10 heteroatoms. The number of benzene rings is 20. The highest BCUT2D eigenvalue weighted by Gasteiger charge is 2.28. The lowest BCUT2D eigenvalue weighted by Gasteiger charge is -2.26. The van der Waals surface area contributed by atoms with Crippen LogP contribution >= 0.6 is 22.7 Å². The minimum atomic E-state index is 0.817. The molecule has 20 aromatic carbocycles. The van der Waals surface area contributed by atoms with E-state index >= 15 is 0 Å². The maximum atomic E-state index is 7.35. The van der Waals surface area contributed by atoms with E-state index in [4.69, 9.17) is 17.7 Å². The van der Waals surface area contributed by atoms with Gasteiger partial charge in [0.25, 0.3) is 0 Å². The molecule has 0 aliphatic rings. The summed E-state index contributed by atoms with van der Waals surface area (Å²) in [6, 6.07) is 145. The van der Waals surface area contributed by atoms with Gasteiger partial charge >= 0.3 is 0 Å². The summed E-state index contributed by atoms with van der Waals surface area (Å²) < 4.78 is 32.6. The highest BCUT2D eigenvalue weighted by Crippen LogP contribution is 2.53. The SMILES string of the molecule is c1ccc(N(c2ccc(-c3cc4oc5cc6cc(N(c7ccccc7)c7cccc8c7oc7ccccc78)ccc6cc5c4c4c3sc3cc5cc(N(c6ccccc6)c6cccc7c6oc6ccccc67)ccc5cc34)cc2)c2ccc3cc4c(cc3c2)oc2ccc3sc5cc6cc(N(c7ccccc7)c7ccccc7)ccc6cc5c3c24)cc1. The topological polar surface area (TPSA) is 65.5 Å². The Labute approximate surface area is 705 Å². The van der Waals surface area contributed by atoms with E-state index in [0.29, 0.717) is 0 Å². The number of nitrogens with zero attached hydrogens (tertiary/aromatic N) is 4. The highest BCUT2D eigenvalue weighted by molar-refractivity contribution is 7.27. The molecule has 0 saturated carbocycles. The molecule has 26 rings (SSSR count). The van der Waals surface area contributed by atoms with E-state index in [9.17, 15) is 0 Å². The van der Waals surface area contributed by atoms with E-state index in [2.05, 4.69) is 402 Å². The largest absolute Gasteiger partial charge is 0.456 e. The second-order valence-electron chi connectivity index (χ2n) is 31.8. The van der Waals surface area contributed by atoms with Crippen molar-refractivity contribution in [1.82, 2.24) is 0 Å². The fourth-order valence-corrected chi connectivity index (χ4v) is 21.7. The number of thiophene rings is 2. The molecule has 6 heterocycles. The lowest BCUT2D eigenvalue weighted by Crippen LogP contribution is -2.10. The second-order valence-corrected chi connectivity index (χ2v) is 33.9. The summed E-state index contributed by atoms with van der Waals surface area (Å²) >= 11 is 3.69. The first-order valence-corrected chi connectivity index (χ1v) is 42.8. The van der Waals surface area contributed by atoms with Gasteiger partial charge in [0, 0.05) is 146 Å². The molecule has 122 heavy (non-hydrogen) atoms. The Morgan fingerprint density at radius 2 is 0.549 bits per heavy atom. The molecule has 0 bridgehead atoms. The lowest BCUT2D eigenvalue weighted by molar-refractivity contribution is 0.668. The average molecular weight is 1600 g/mol. The van der Waals surface area contributed by atoms with E-state index in [1.807, 2.05) is 40.9 Å². The van der Waals surface area contributed by atoms with Gasteiger partial charge in [0.15, 0.2) is 11.2 Å². The van der Waals surface area contributed by atoms with Crippen LogP contribution in [0.3, 0.4) is 0 Å². The molecule has 0 radical (unpaired) electrons. The molecule has 0 spiro atoms. The Kier molecular flexibility index (Phi) is 15.1. The second kappa shape index (κ2) is 26.9. The lowest BCUT2D eigenvalue weighted by atomic mass is 9.96. The summed E-state index contributed by atoms with van der Waals surface area (Å²) in [5, 5.41) is 22.6. The molecule has 26 aromatic rings. The summed E-state index contributed by atoms with van der Waals surface area (Å²) in [5.41, 5.74) is 21.4. The van der Waals surface area contributed by atoms with Crippen molar-refractivity contribution in [2.24, 2.45) is 0 Å². The van der Waals surface area contributed by atoms with Crippen LogP contribution in [-0.2, 0) is 0 Å². The van der Waals surface area contributed by atoms with Crippen molar-refractivity contribution in [2.45, 2.75) is 0 Å². The number of rotatable bonds is 13. The van der Waals surface area contributed by atoms with Crippen molar-refractivity contribution in [3.05, 3.63) is 400 Å². The van der Waals surface area contributed by atoms with Crippen LogP contribution < -0.4 is 19.6 Å². The predicted octanol–water partition coefficient (Wildman–Crippen LogP) is 34.2. The summed E-state index contributed by atoms with van der Waals surface area (Å²) in [5.74, 6) is 0. The van der Waals surface area contributed by atoms with Crippen LogP contribution in [0.5, 0.6) is 0 Å². The standard InChI is InChI=1S/C112H66N4O4S2/c1-6-22-76(23-7-1)113(77-24-8-2-9-25-77)83-49-43-70-60-93-104(64-74(70)56-83)121-103-53-52-99-106(108(93)103)91-58-68-42-48-82(54-72(68)62-100(91)117-99)114(78-26-10-3-11-27-78)81-46-40-67(41-47-81)90-66-102-107(92-59-69-44-50-84(55-73(69)63-101(92)118-102)115(79-28-12-4-13-29-79)95-36-20-34-88-86-32-16-18-38-97(86)119-110(88)95)109-94-61-71-45-51-85(57-75(71)65-105(94)122-112(90)109)116(80-30-14-5-15-31-80)96-37-21-35-89-87-33-17-19-39-98(87)120-111(89)96/h1-66H. The van der Waals surface area contributed by atoms with E-state index in [-0.39, 0.29) is 0 Å². The first-order valence-electron chi connectivity index (χ1n) is 41.2. The monoisotopic (exact) mass is 1590 g/mol. The van der Waals surface area contributed by atoms with E-state index in [0.717, 1.165) is 199 Å². The summed E-state index contributed by atoms with van der Waals surface area (Å²) in [4.78, 5) is 9.34. The van der Waals surface area contributed by atoms with Crippen LogP contribution in [0.1, 0.15) is 0 Å². The normalized spacial score (nSPS) is 12.1. The zero-order valence-electron chi connectivity index (χ0n) is 65.3. The molecule has 0 amide bonds. The van der Waals surface area contributed by atoms with Crippen LogP contribution in [-0.4, -0.2) is 0 Å². The average Bonchev–Trinajstić information content (AvgIpc) is 1.55. The Bertz CT molecular complexity index is 8760. The molecule has 0 aliphatic heterocycles. The van der Waals surface area contributed by atoms with E-state index in [1.165, 1.54) is 51.1 Å². The van der Waals surface area contributed by atoms with Gasteiger partial charge in [-0.2, -0.15) is 0 Å². The van der Waals surface area contributed by atoms with E-state index < -0.39 is 0 Å². The highest BCUT2D eigenvalue weighted by atomic mass is 32.1. The van der Waals surface area contributed by atoms with Gasteiger partial charge in [-0.05, 0) is 261 Å². The quantitative estimate of drug-likeness (QED) is 0.113. The molecule has 0 saturated heterocycles. The molecule has 0 unspecified atom stereocenters. The molecular weight excluding hydrogens is 1530 g/mol. The first kappa shape index (κ1) is 68.4. The van der Waals surface area contributed by atoms with Gasteiger partial charge in [-0.3, -0.25) is 0 Å². The first-order chi connectivity index (χ1) is 60.4. The fraction of sp³-hybridized carbons (Fsp3) is 0. The fourth-order valence-electron chi connectivity index (χ4n) is 19.3. The van der Waals surface area contributed by atoms with Gasteiger partial charge in [0.05, 0.1) is 11.4 Å². The third-order valence-corrected chi connectivity index (χ3v) is 27.1. The Morgan fingerprint density at radius 3 is 1.02 bits per heavy atom. The number of anilines is 12. The van der Waals surface area contributed by atoms with Crippen molar-refractivity contribution < 1.29 is 17.7 Å². The molecule has 0 N–H and O–H groups in total. The zero-order valence-corrected chi connectivity index (χ0v) is 67.0. The Balaban J connectivity index is 0.604. The number of hydrogen-bond acceptors (Lipinski definition) is 10. The number of hydrogen-bond donors (Lipinski definition) is 0. The number of furan rings is 4. The van der Waals surface area contributed by atoms with Gasteiger partial charge in [0.2, 0.25) is 0 Å². The molecule has 6 aromatic heterocycles. The van der Waals surface area contributed by atoms with E-state index in [1.54, 1.807) is 0 Å². The maximum Gasteiger partial charge on any atom is 0.159 e. The molecule has 0 fully saturated rings. The molecule has 0 atom stereocenters. The molecular formula is C112H66N4O4S2. The van der Waals surface area contributed by atoms with Gasteiger partial charge in [-0.15, -0.1) is 22.7 Å². The van der Waals surface area contributed by atoms with Crippen molar-refractivity contribution in [1.29, 1.82) is 0 Å². The van der Waals surface area contributed by atoms with Crippen LogP contribution in [0, 0.1) is 0 Å². The molecule has 8 nitrogen and oxygen atoms in total. The number of para-hydroxylation sites is 9. The van der Waals surface area contributed by atoms with Crippen molar-refractivity contribution >= 4 is 262 Å². The summed E-state index contributed by atoms with van der Waals surface area (Å²) in [6.45, 7) is 0. The maximum absolute atomic E-state index is 7.35. The van der Waals surface area contributed by atoms with Crippen molar-refractivity contribution in [3.8, 4) is 11.1 Å². The minimum absolute atomic E-state index is 0.817. The van der Waals surface area contributed by atoms with Gasteiger partial charge in [0.1, 0.15) is 33.5 Å².